The van der Waals surface area contributed by atoms with Crippen molar-refractivity contribution in [1.82, 2.24) is 9.78 Å². The monoisotopic (exact) mass is 344 g/mol. The predicted molar refractivity (Wildman–Crippen MR) is 101 cm³/mol. The summed E-state index contributed by atoms with van der Waals surface area (Å²) in [6.07, 6.45) is 1.76. The quantitative estimate of drug-likeness (QED) is 0.770. The predicted octanol–water partition coefficient (Wildman–Crippen LogP) is 4.29. The van der Waals surface area contributed by atoms with E-state index in [1.54, 1.807) is 29.1 Å². The van der Waals surface area contributed by atoms with Crippen LogP contribution < -0.4 is 5.32 Å². The molecule has 3 rings (SSSR count). The molecule has 0 saturated heterocycles. The second kappa shape index (κ2) is 6.85. The first-order valence-corrected chi connectivity index (χ1v) is 8.35. The van der Waals surface area contributed by atoms with Crippen LogP contribution in [0.3, 0.4) is 0 Å². The van der Waals surface area contributed by atoms with Crippen LogP contribution in [0.25, 0.3) is 5.69 Å². The molecule has 5 heteroatoms. The molecule has 0 atom stereocenters. The fourth-order valence-corrected chi connectivity index (χ4v) is 2.53. The van der Waals surface area contributed by atoms with Gasteiger partial charge in [0.15, 0.2) is 5.82 Å². The Kier molecular flexibility index (Phi) is 4.59. The largest absolute Gasteiger partial charge is 0.305 e. The minimum atomic E-state index is -0.199. The highest BCUT2D eigenvalue weighted by Gasteiger charge is 2.14. The van der Waals surface area contributed by atoms with Gasteiger partial charge in [-0.15, -0.1) is 0 Å². The molecule has 0 aliphatic rings. The summed E-state index contributed by atoms with van der Waals surface area (Å²) in [6, 6.07) is 18.5. The topological polar surface area (TPSA) is 70.7 Å². The average Bonchev–Trinajstić information content (AvgIpc) is 3.09. The van der Waals surface area contributed by atoms with Crippen molar-refractivity contribution < 1.29 is 4.79 Å². The molecule has 0 bridgehead atoms. The Bertz CT molecular complexity index is 955. The van der Waals surface area contributed by atoms with Gasteiger partial charge in [0.2, 0.25) is 0 Å². The van der Waals surface area contributed by atoms with Crippen LogP contribution in [0.1, 0.15) is 42.3 Å². The average molecular weight is 344 g/mol. The highest BCUT2D eigenvalue weighted by atomic mass is 16.1. The number of nitrogens with one attached hydrogen (secondary N) is 1. The number of hydrogen-bond donors (Lipinski definition) is 1. The van der Waals surface area contributed by atoms with Crippen molar-refractivity contribution in [3.8, 4) is 11.8 Å². The SMILES string of the molecule is CC(C)(C)c1ccc(C(=O)Nc2ccn(-c3ccc(C#N)cc3)n2)cc1. The van der Waals surface area contributed by atoms with Crippen molar-refractivity contribution in [3.05, 3.63) is 77.5 Å². The van der Waals surface area contributed by atoms with Gasteiger partial charge in [-0.3, -0.25) is 4.79 Å². The number of aromatic nitrogens is 2. The molecule has 0 fully saturated rings. The van der Waals surface area contributed by atoms with E-state index < -0.39 is 0 Å². The van der Waals surface area contributed by atoms with Crippen LogP contribution in [0.2, 0.25) is 0 Å². The van der Waals surface area contributed by atoms with E-state index in [2.05, 4.69) is 37.3 Å². The van der Waals surface area contributed by atoms with E-state index in [-0.39, 0.29) is 11.3 Å². The second-order valence-corrected chi connectivity index (χ2v) is 7.09. The van der Waals surface area contributed by atoms with Crippen molar-refractivity contribution in [2.24, 2.45) is 0 Å². The van der Waals surface area contributed by atoms with Gasteiger partial charge in [0, 0.05) is 17.8 Å². The molecule has 1 N–H and O–H groups in total. The molecule has 0 aliphatic carbocycles. The number of carbonyl (C=O) groups is 1. The Hall–Kier alpha value is -3.39. The van der Waals surface area contributed by atoms with Gasteiger partial charge in [-0.25, -0.2) is 4.68 Å². The van der Waals surface area contributed by atoms with Crippen LogP contribution in [-0.4, -0.2) is 15.7 Å². The lowest BCUT2D eigenvalue weighted by Crippen LogP contribution is -2.14. The van der Waals surface area contributed by atoms with E-state index >= 15 is 0 Å². The Balaban J connectivity index is 1.72. The number of benzene rings is 2. The zero-order valence-corrected chi connectivity index (χ0v) is 15.0. The summed E-state index contributed by atoms with van der Waals surface area (Å²) in [6.45, 7) is 6.41. The minimum absolute atomic E-state index is 0.0505. The van der Waals surface area contributed by atoms with Gasteiger partial charge in [0.05, 0.1) is 17.3 Å². The van der Waals surface area contributed by atoms with E-state index in [1.165, 1.54) is 5.56 Å². The van der Waals surface area contributed by atoms with Crippen LogP contribution in [0, 0.1) is 11.3 Å². The fourth-order valence-electron chi connectivity index (χ4n) is 2.53. The van der Waals surface area contributed by atoms with Crippen molar-refractivity contribution in [3.63, 3.8) is 0 Å². The van der Waals surface area contributed by atoms with E-state index in [9.17, 15) is 4.79 Å². The van der Waals surface area contributed by atoms with Crippen molar-refractivity contribution in [2.75, 3.05) is 5.32 Å². The molecule has 3 aromatic rings. The summed E-state index contributed by atoms with van der Waals surface area (Å²) in [7, 11) is 0. The first kappa shape index (κ1) is 17.4. The van der Waals surface area contributed by atoms with Gasteiger partial charge in [0.1, 0.15) is 0 Å². The summed E-state index contributed by atoms with van der Waals surface area (Å²) in [4.78, 5) is 12.4. The van der Waals surface area contributed by atoms with E-state index in [0.717, 1.165) is 5.69 Å². The van der Waals surface area contributed by atoms with Crippen LogP contribution in [-0.2, 0) is 5.41 Å². The molecule has 5 nitrogen and oxygen atoms in total. The molecule has 0 saturated carbocycles. The first-order valence-electron chi connectivity index (χ1n) is 8.35. The summed E-state index contributed by atoms with van der Waals surface area (Å²) in [5.74, 6) is 0.273. The summed E-state index contributed by atoms with van der Waals surface area (Å²) >= 11 is 0. The first-order chi connectivity index (χ1) is 12.4. The zero-order valence-electron chi connectivity index (χ0n) is 15.0. The number of anilines is 1. The smallest absolute Gasteiger partial charge is 0.256 e. The van der Waals surface area contributed by atoms with E-state index in [4.69, 9.17) is 5.26 Å². The molecule has 130 valence electrons. The maximum Gasteiger partial charge on any atom is 0.256 e. The molecular formula is C21H20N4O. The molecule has 0 radical (unpaired) electrons. The third-order valence-corrected chi connectivity index (χ3v) is 4.10. The van der Waals surface area contributed by atoms with Crippen molar-refractivity contribution >= 4 is 11.7 Å². The number of hydrogen-bond acceptors (Lipinski definition) is 3. The van der Waals surface area contributed by atoms with Crippen LogP contribution in [0.15, 0.2) is 60.8 Å². The van der Waals surface area contributed by atoms with Gasteiger partial charge in [-0.05, 0) is 47.4 Å². The van der Waals surface area contributed by atoms with Crippen molar-refractivity contribution in [2.45, 2.75) is 26.2 Å². The number of nitriles is 1. The Morgan fingerprint density at radius 2 is 1.69 bits per heavy atom. The molecule has 1 heterocycles. The fraction of sp³-hybridized carbons (Fsp3) is 0.190. The summed E-state index contributed by atoms with van der Waals surface area (Å²) < 4.78 is 1.65. The highest BCUT2D eigenvalue weighted by molar-refractivity contribution is 6.03. The highest BCUT2D eigenvalue weighted by Crippen LogP contribution is 2.22. The maximum atomic E-state index is 12.4. The van der Waals surface area contributed by atoms with Crippen LogP contribution >= 0.6 is 0 Å². The lowest BCUT2D eigenvalue weighted by molar-refractivity contribution is 0.102. The normalized spacial score (nSPS) is 11.0. The number of nitrogens with zero attached hydrogens (tertiary/aromatic N) is 3. The van der Waals surface area contributed by atoms with Crippen molar-refractivity contribution in [1.29, 1.82) is 5.26 Å². The molecule has 1 amide bonds. The summed E-state index contributed by atoms with van der Waals surface area (Å²) in [5.41, 5.74) is 3.23. The zero-order chi connectivity index (χ0) is 18.7. The third kappa shape index (κ3) is 3.81. The lowest BCUT2D eigenvalue weighted by atomic mass is 9.87. The van der Waals surface area contributed by atoms with E-state index in [1.807, 2.05) is 36.4 Å². The molecule has 0 spiro atoms. The molecule has 0 aliphatic heterocycles. The number of amides is 1. The van der Waals surface area contributed by atoms with Crippen LogP contribution in [0.4, 0.5) is 5.82 Å². The third-order valence-electron chi connectivity index (χ3n) is 4.10. The van der Waals surface area contributed by atoms with Gasteiger partial charge in [-0.1, -0.05) is 32.9 Å². The van der Waals surface area contributed by atoms with Gasteiger partial charge in [-0.2, -0.15) is 10.4 Å². The molecule has 2 aromatic carbocycles. The van der Waals surface area contributed by atoms with Gasteiger partial charge < -0.3 is 5.32 Å². The molecule has 0 unspecified atom stereocenters. The molecule has 1 aromatic heterocycles. The molecule has 26 heavy (non-hydrogen) atoms. The number of carbonyl (C=O) groups excluding carboxylic acids is 1. The Morgan fingerprint density at radius 1 is 1.04 bits per heavy atom. The second-order valence-electron chi connectivity index (χ2n) is 7.09. The standard InChI is InChI=1S/C21H20N4O/c1-21(2,3)17-8-6-16(7-9-17)20(26)23-19-12-13-25(24-19)18-10-4-15(14-22)5-11-18/h4-13H,1-3H3,(H,23,24,26). The Labute approximate surface area is 152 Å². The minimum Gasteiger partial charge on any atom is -0.305 e. The van der Waals surface area contributed by atoms with Gasteiger partial charge in [0.25, 0.3) is 5.91 Å². The summed E-state index contributed by atoms with van der Waals surface area (Å²) in [5, 5.41) is 16.0. The molecular weight excluding hydrogens is 324 g/mol. The Morgan fingerprint density at radius 3 is 2.27 bits per heavy atom. The number of rotatable bonds is 3. The van der Waals surface area contributed by atoms with Gasteiger partial charge >= 0.3 is 0 Å². The van der Waals surface area contributed by atoms with E-state index in [0.29, 0.717) is 16.9 Å². The van der Waals surface area contributed by atoms with Crippen LogP contribution in [0.5, 0.6) is 0 Å². The maximum absolute atomic E-state index is 12.4. The lowest BCUT2D eigenvalue weighted by Gasteiger charge is -2.18.